The van der Waals surface area contributed by atoms with Gasteiger partial charge in [-0.25, -0.2) is 17.1 Å². The van der Waals surface area contributed by atoms with Crippen LogP contribution in [0.1, 0.15) is 18.4 Å². The first-order chi connectivity index (χ1) is 14.8. The maximum Gasteiger partial charge on any atom is 0.224 e. The van der Waals surface area contributed by atoms with Gasteiger partial charge in [0.2, 0.25) is 15.9 Å². The van der Waals surface area contributed by atoms with E-state index >= 15 is 0 Å². The molecule has 0 unspecified atom stereocenters. The fraction of sp³-hybridized carbons (Fsp3) is 0.381. The van der Waals surface area contributed by atoms with Gasteiger partial charge in [-0.1, -0.05) is 29.3 Å². The molecule has 1 N–H and O–H groups in total. The number of hydrogen-bond donors (Lipinski definition) is 1. The van der Waals surface area contributed by atoms with E-state index in [1.807, 2.05) is 0 Å². The Morgan fingerprint density at radius 1 is 1.16 bits per heavy atom. The number of nitrogens with zero attached hydrogens (tertiary/aromatic N) is 1. The van der Waals surface area contributed by atoms with Crippen LogP contribution >= 0.6 is 23.2 Å². The molecular formula is C21H23Cl2FN2O4S. The van der Waals surface area contributed by atoms with E-state index in [0.29, 0.717) is 40.7 Å². The SMILES string of the molecule is O=C(NCCOc1ccc(F)cc1)[C@@H]1CCCN(S(=O)(=O)Cc2c(Cl)cccc2Cl)C1. The van der Waals surface area contributed by atoms with Crippen LogP contribution in [0.15, 0.2) is 42.5 Å². The first-order valence-electron chi connectivity index (χ1n) is 9.83. The average Bonchev–Trinajstić information content (AvgIpc) is 2.75. The molecule has 2 aromatic rings. The van der Waals surface area contributed by atoms with Gasteiger partial charge in [-0.05, 0) is 49.2 Å². The van der Waals surface area contributed by atoms with Crippen LogP contribution in [0.3, 0.4) is 0 Å². The summed E-state index contributed by atoms with van der Waals surface area (Å²) in [7, 11) is -3.68. The molecule has 0 spiro atoms. The van der Waals surface area contributed by atoms with Crippen LogP contribution in [0.4, 0.5) is 4.39 Å². The minimum absolute atomic E-state index is 0.106. The number of ether oxygens (including phenoxy) is 1. The fourth-order valence-electron chi connectivity index (χ4n) is 3.37. The third-order valence-corrected chi connectivity index (χ3v) is 7.50. The van der Waals surface area contributed by atoms with Gasteiger partial charge in [0.25, 0.3) is 0 Å². The summed E-state index contributed by atoms with van der Waals surface area (Å²) < 4.78 is 45.5. The predicted molar refractivity (Wildman–Crippen MR) is 118 cm³/mol. The molecule has 0 bridgehead atoms. The van der Waals surface area contributed by atoms with Crippen molar-refractivity contribution >= 4 is 39.1 Å². The maximum absolute atomic E-state index is 12.9. The molecule has 1 aliphatic rings. The number of carbonyl (C=O) groups is 1. The highest BCUT2D eigenvalue weighted by Gasteiger charge is 2.33. The Labute approximate surface area is 191 Å². The van der Waals surface area contributed by atoms with E-state index in [2.05, 4.69) is 5.32 Å². The lowest BCUT2D eigenvalue weighted by Gasteiger charge is -2.31. The van der Waals surface area contributed by atoms with Crippen LogP contribution < -0.4 is 10.1 Å². The molecule has 1 saturated heterocycles. The summed E-state index contributed by atoms with van der Waals surface area (Å²) in [4.78, 5) is 12.5. The minimum atomic E-state index is -3.68. The monoisotopic (exact) mass is 488 g/mol. The molecule has 31 heavy (non-hydrogen) atoms. The Bertz CT molecular complexity index is 998. The lowest BCUT2D eigenvalue weighted by Crippen LogP contribution is -2.46. The lowest BCUT2D eigenvalue weighted by molar-refractivity contribution is -0.126. The number of halogens is 3. The highest BCUT2D eigenvalue weighted by molar-refractivity contribution is 7.88. The molecule has 0 aliphatic carbocycles. The minimum Gasteiger partial charge on any atom is -0.492 e. The van der Waals surface area contributed by atoms with Crippen molar-refractivity contribution in [2.75, 3.05) is 26.2 Å². The molecule has 1 atom stereocenters. The Balaban J connectivity index is 1.51. The molecule has 10 heteroatoms. The van der Waals surface area contributed by atoms with Gasteiger partial charge >= 0.3 is 0 Å². The topological polar surface area (TPSA) is 75.7 Å². The highest BCUT2D eigenvalue weighted by Crippen LogP contribution is 2.29. The number of benzene rings is 2. The van der Waals surface area contributed by atoms with Crippen LogP contribution in [-0.2, 0) is 20.6 Å². The van der Waals surface area contributed by atoms with Crippen molar-refractivity contribution in [3.8, 4) is 5.75 Å². The summed E-state index contributed by atoms with van der Waals surface area (Å²) in [6, 6.07) is 10.4. The summed E-state index contributed by atoms with van der Waals surface area (Å²) in [6.45, 7) is 0.933. The lowest BCUT2D eigenvalue weighted by atomic mass is 9.99. The van der Waals surface area contributed by atoms with Gasteiger partial charge in [0, 0.05) is 28.7 Å². The zero-order valence-electron chi connectivity index (χ0n) is 16.7. The predicted octanol–water partition coefficient (Wildman–Crippen LogP) is 3.87. The van der Waals surface area contributed by atoms with Crippen LogP contribution in [0.5, 0.6) is 5.75 Å². The van der Waals surface area contributed by atoms with Gasteiger partial charge < -0.3 is 10.1 Å². The van der Waals surface area contributed by atoms with E-state index < -0.39 is 15.9 Å². The van der Waals surface area contributed by atoms with E-state index in [0.717, 1.165) is 0 Å². The first-order valence-corrected chi connectivity index (χ1v) is 12.2. The highest BCUT2D eigenvalue weighted by atomic mass is 35.5. The molecule has 0 saturated carbocycles. The van der Waals surface area contributed by atoms with Gasteiger partial charge in [0.1, 0.15) is 18.2 Å². The van der Waals surface area contributed by atoms with E-state index in [9.17, 15) is 17.6 Å². The number of sulfonamides is 1. The molecule has 0 aromatic heterocycles. The van der Waals surface area contributed by atoms with Crippen LogP contribution in [0, 0.1) is 11.7 Å². The van der Waals surface area contributed by atoms with E-state index in [1.54, 1.807) is 18.2 Å². The van der Waals surface area contributed by atoms with E-state index in [-0.39, 0.29) is 37.2 Å². The van der Waals surface area contributed by atoms with Crippen molar-refractivity contribution in [2.24, 2.45) is 5.92 Å². The van der Waals surface area contributed by atoms with Crippen LogP contribution in [-0.4, -0.2) is 44.9 Å². The van der Waals surface area contributed by atoms with Gasteiger partial charge in [-0.2, -0.15) is 0 Å². The van der Waals surface area contributed by atoms with Crippen molar-refractivity contribution in [1.82, 2.24) is 9.62 Å². The summed E-state index contributed by atoms with van der Waals surface area (Å²) >= 11 is 12.2. The summed E-state index contributed by atoms with van der Waals surface area (Å²) in [5.74, 6) is -0.835. The summed E-state index contributed by atoms with van der Waals surface area (Å²) in [5, 5.41) is 3.36. The van der Waals surface area contributed by atoms with Crippen molar-refractivity contribution in [2.45, 2.75) is 18.6 Å². The number of rotatable bonds is 8. The molecule has 0 radical (unpaired) electrons. The third-order valence-electron chi connectivity index (χ3n) is 5.02. The smallest absolute Gasteiger partial charge is 0.224 e. The molecule has 1 aliphatic heterocycles. The number of hydrogen-bond acceptors (Lipinski definition) is 4. The summed E-state index contributed by atoms with van der Waals surface area (Å²) in [6.07, 6.45) is 1.18. The average molecular weight is 489 g/mol. The number of piperidine rings is 1. The Hall–Kier alpha value is -1.87. The van der Waals surface area contributed by atoms with Crippen molar-refractivity contribution in [1.29, 1.82) is 0 Å². The second-order valence-electron chi connectivity index (χ2n) is 7.25. The maximum atomic E-state index is 12.9. The molecule has 6 nitrogen and oxygen atoms in total. The standard InChI is InChI=1S/C21H23Cl2FN2O4S/c22-19-4-1-5-20(23)18(19)14-31(28,29)26-11-2-3-15(13-26)21(27)25-10-12-30-17-8-6-16(24)7-9-17/h1,4-9,15H,2-3,10-14H2,(H,25,27)/t15-/m1/s1. The molecule has 1 fully saturated rings. The quantitative estimate of drug-likeness (QED) is 0.572. The van der Waals surface area contributed by atoms with Crippen molar-refractivity contribution < 1.29 is 22.3 Å². The molecule has 3 rings (SSSR count). The largest absolute Gasteiger partial charge is 0.492 e. The number of carbonyl (C=O) groups excluding carboxylic acids is 1. The Morgan fingerprint density at radius 2 is 1.84 bits per heavy atom. The molecule has 1 heterocycles. The van der Waals surface area contributed by atoms with Crippen LogP contribution in [0.2, 0.25) is 10.0 Å². The zero-order valence-corrected chi connectivity index (χ0v) is 19.0. The third kappa shape index (κ3) is 6.55. The van der Waals surface area contributed by atoms with Gasteiger partial charge in [0.15, 0.2) is 0 Å². The van der Waals surface area contributed by atoms with Gasteiger partial charge in [0.05, 0.1) is 18.2 Å². The summed E-state index contributed by atoms with van der Waals surface area (Å²) in [5.41, 5.74) is 0.357. The normalized spacial score (nSPS) is 17.3. The van der Waals surface area contributed by atoms with E-state index in [1.165, 1.54) is 28.6 Å². The Kier molecular flexibility index (Phi) is 8.16. The Morgan fingerprint density at radius 3 is 2.52 bits per heavy atom. The molecule has 1 amide bonds. The second-order valence-corrected chi connectivity index (χ2v) is 10.0. The second kappa shape index (κ2) is 10.6. The molecule has 2 aromatic carbocycles. The first kappa shape index (κ1) is 23.8. The van der Waals surface area contributed by atoms with Crippen molar-refractivity contribution in [3.63, 3.8) is 0 Å². The van der Waals surface area contributed by atoms with E-state index in [4.69, 9.17) is 27.9 Å². The van der Waals surface area contributed by atoms with Gasteiger partial charge in [-0.15, -0.1) is 0 Å². The van der Waals surface area contributed by atoms with Gasteiger partial charge in [-0.3, -0.25) is 4.79 Å². The molecular weight excluding hydrogens is 466 g/mol. The number of amides is 1. The fourth-order valence-corrected chi connectivity index (χ4v) is 5.73. The molecule has 168 valence electrons. The number of nitrogens with one attached hydrogen (secondary N) is 1. The zero-order chi connectivity index (χ0) is 22.4. The van der Waals surface area contributed by atoms with Crippen molar-refractivity contribution in [3.05, 3.63) is 63.9 Å². The van der Waals surface area contributed by atoms with Crippen LogP contribution in [0.25, 0.3) is 0 Å².